The molecule has 0 unspecified atom stereocenters. The first kappa shape index (κ1) is 12.4. The van der Waals surface area contributed by atoms with Crippen LogP contribution < -0.4 is 10.6 Å². The fourth-order valence-electron chi connectivity index (χ4n) is 2.20. The van der Waals surface area contributed by atoms with Crippen LogP contribution in [0.15, 0.2) is 30.5 Å². The summed E-state index contributed by atoms with van der Waals surface area (Å²) < 4.78 is 1.71. The number of carbonyl (C=O) groups is 2. The van der Waals surface area contributed by atoms with E-state index in [1.54, 1.807) is 23.0 Å². The van der Waals surface area contributed by atoms with Crippen molar-refractivity contribution in [3.8, 4) is 0 Å². The van der Waals surface area contributed by atoms with Crippen molar-refractivity contribution in [3.05, 3.63) is 47.3 Å². The highest BCUT2D eigenvalue weighted by molar-refractivity contribution is 6.02. The maximum absolute atomic E-state index is 12.1. The number of nitrogens with one attached hydrogen (secondary N) is 2. The second-order valence-electron chi connectivity index (χ2n) is 4.73. The van der Waals surface area contributed by atoms with Crippen molar-refractivity contribution in [2.75, 3.05) is 5.32 Å². The van der Waals surface area contributed by atoms with E-state index in [1.807, 2.05) is 19.2 Å². The SMILES string of the molecule is Cn1nccc1CNC(=O)c1ccc2c(c1)NC(=O)C2. The fraction of sp³-hybridized carbons (Fsp3) is 0.214. The Morgan fingerprint density at radius 3 is 3.05 bits per heavy atom. The second kappa shape index (κ2) is 4.80. The molecule has 0 aliphatic carbocycles. The molecule has 6 nitrogen and oxygen atoms in total. The molecular formula is C14H14N4O2. The number of benzene rings is 1. The Morgan fingerprint density at radius 2 is 2.30 bits per heavy atom. The van der Waals surface area contributed by atoms with Gasteiger partial charge in [0.1, 0.15) is 0 Å². The smallest absolute Gasteiger partial charge is 0.251 e. The molecule has 2 aromatic rings. The van der Waals surface area contributed by atoms with Crippen LogP contribution in [0.3, 0.4) is 0 Å². The Balaban J connectivity index is 1.70. The van der Waals surface area contributed by atoms with Crippen LogP contribution in [0.25, 0.3) is 0 Å². The van der Waals surface area contributed by atoms with E-state index in [9.17, 15) is 9.59 Å². The van der Waals surface area contributed by atoms with E-state index in [1.165, 1.54) is 0 Å². The molecule has 1 aliphatic rings. The summed E-state index contributed by atoms with van der Waals surface area (Å²) in [6.07, 6.45) is 2.07. The average Bonchev–Trinajstić information content (AvgIpc) is 2.99. The Kier molecular flexibility index (Phi) is 2.98. The average molecular weight is 270 g/mol. The van der Waals surface area contributed by atoms with Gasteiger partial charge in [0.05, 0.1) is 18.7 Å². The van der Waals surface area contributed by atoms with Crippen LogP contribution in [0.1, 0.15) is 21.6 Å². The lowest BCUT2D eigenvalue weighted by Crippen LogP contribution is -2.24. The zero-order chi connectivity index (χ0) is 14.1. The van der Waals surface area contributed by atoms with Gasteiger partial charge in [0.2, 0.25) is 5.91 Å². The van der Waals surface area contributed by atoms with Crippen LogP contribution in [0.5, 0.6) is 0 Å². The lowest BCUT2D eigenvalue weighted by atomic mass is 10.1. The predicted octanol–water partition coefficient (Wildman–Crippen LogP) is 0.845. The van der Waals surface area contributed by atoms with Crippen LogP contribution in [0.4, 0.5) is 5.69 Å². The maximum Gasteiger partial charge on any atom is 0.251 e. The number of aromatic nitrogens is 2. The van der Waals surface area contributed by atoms with Crippen LogP contribution >= 0.6 is 0 Å². The molecule has 0 saturated carbocycles. The van der Waals surface area contributed by atoms with Gasteiger partial charge in [-0.1, -0.05) is 6.07 Å². The number of nitrogens with zero attached hydrogens (tertiary/aromatic N) is 2. The first-order chi connectivity index (χ1) is 9.63. The predicted molar refractivity (Wildman–Crippen MR) is 73.2 cm³/mol. The summed E-state index contributed by atoms with van der Waals surface area (Å²) in [4.78, 5) is 23.4. The van der Waals surface area contributed by atoms with Crippen molar-refractivity contribution in [1.29, 1.82) is 0 Å². The number of carbonyl (C=O) groups excluding carboxylic acids is 2. The summed E-state index contributed by atoms with van der Waals surface area (Å²) in [5, 5.41) is 9.61. The highest BCUT2D eigenvalue weighted by Gasteiger charge is 2.19. The highest BCUT2D eigenvalue weighted by Crippen LogP contribution is 2.23. The van der Waals surface area contributed by atoms with E-state index in [4.69, 9.17) is 0 Å². The van der Waals surface area contributed by atoms with Gasteiger partial charge < -0.3 is 10.6 Å². The molecule has 1 aromatic heterocycles. The minimum atomic E-state index is -0.171. The van der Waals surface area contributed by atoms with Crippen LogP contribution in [-0.4, -0.2) is 21.6 Å². The monoisotopic (exact) mass is 270 g/mol. The second-order valence-corrected chi connectivity index (χ2v) is 4.73. The Bertz CT molecular complexity index is 690. The summed E-state index contributed by atoms with van der Waals surface area (Å²) in [5.74, 6) is -0.206. The van der Waals surface area contributed by atoms with Gasteiger partial charge in [-0.05, 0) is 23.8 Å². The third-order valence-electron chi connectivity index (χ3n) is 3.35. The molecule has 2 heterocycles. The molecule has 2 N–H and O–H groups in total. The molecule has 1 aliphatic heterocycles. The van der Waals surface area contributed by atoms with Gasteiger partial charge in [-0.3, -0.25) is 14.3 Å². The molecule has 0 spiro atoms. The molecule has 0 atom stereocenters. The molecule has 2 amide bonds. The Labute approximate surface area is 115 Å². The standard InChI is InChI=1S/C14H14N4O2/c1-18-11(4-5-16-18)8-15-14(20)10-3-2-9-7-13(19)17-12(9)6-10/h2-6H,7-8H2,1H3,(H,15,20)(H,17,19). The van der Waals surface area contributed by atoms with E-state index in [2.05, 4.69) is 15.7 Å². The molecule has 0 fully saturated rings. The Morgan fingerprint density at radius 1 is 1.45 bits per heavy atom. The Hall–Kier alpha value is -2.63. The van der Waals surface area contributed by atoms with E-state index in [-0.39, 0.29) is 11.8 Å². The van der Waals surface area contributed by atoms with Gasteiger partial charge in [0.25, 0.3) is 5.91 Å². The van der Waals surface area contributed by atoms with Crippen molar-refractivity contribution >= 4 is 17.5 Å². The van der Waals surface area contributed by atoms with E-state index >= 15 is 0 Å². The van der Waals surface area contributed by atoms with Crippen molar-refractivity contribution in [3.63, 3.8) is 0 Å². The van der Waals surface area contributed by atoms with Gasteiger partial charge >= 0.3 is 0 Å². The molecule has 0 bridgehead atoms. The minimum Gasteiger partial charge on any atom is -0.346 e. The maximum atomic E-state index is 12.1. The van der Waals surface area contributed by atoms with Crippen molar-refractivity contribution in [2.24, 2.45) is 7.05 Å². The minimum absolute atomic E-state index is 0.0348. The van der Waals surface area contributed by atoms with Gasteiger partial charge in [-0.25, -0.2) is 0 Å². The van der Waals surface area contributed by atoms with Crippen molar-refractivity contribution < 1.29 is 9.59 Å². The van der Waals surface area contributed by atoms with Gasteiger partial charge in [0.15, 0.2) is 0 Å². The fourth-order valence-corrected chi connectivity index (χ4v) is 2.20. The zero-order valence-corrected chi connectivity index (χ0v) is 11.0. The lowest BCUT2D eigenvalue weighted by molar-refractivity contribution is -0.115. The van der Waals surface area contributed by atoms with E-state index < -0.39 is 0 Å². The summed E-state index contributed by atoms with van der Waals surface area (Å²) in [6, 6.07) is 7.10. The van der Waals surface area contributed by atoms with E-state index in [0.717, 1.165) is 16.9 Å². The summed E-state index contributed by atoms with van der Waals surface area (Å²) in [7, 11) is 1.83. The third kappa shape index (κ3) is 2.27. The highest BCUT2D eigenvalue weighted by atomic mass is 16.2. The van der Waals surface area contributed by atoms with Gasteiger partial charge in [0, 0.05) is 24.5 Å². The first-order valence-corrected chi connectivity index (χ1v) is 6.31. The molecule has 6 heteroatoms. The molecule has 0 radical (unpaired) electrons. The van der Waals surface area contributed by atoms with Crippen LogP contribution in [0, 0.1) is 0 Å². The molecule has 3 rings (SSSR count). The lowest BCUT2D eigenvalue weighted by Gasteiger charge is -2.07. The number of anilines is 1. The number of aryl methyl sites for hydroxylation is 1. The van der Waals surface area contributed by atoms with Crippen LogP contribution in [0.2, 0.25) is 0 Å². The largest absolute Gasteiger partial charge is 0.346 e. The quantitative estimate of drug-likeness (QED) is 0.868. The molecule has 1 aromatic carbocycles. The third-order valence-corrected chi connectivity index (χ3v) is 3.35. The number of amides is 2. The number of fused-ring (bicyclic) bond motifs is 1. The van der Waals surface area contributed by atoms with Crippen LogP contribution in [-0.2, 0) is 24.8 Å². The molecular weight excluding hydrogens is 256 g/mol. The molecule has 102 valence electrons. The van der Waals surface area contributed by atoms with E-state index in [0.29, 0.717) is 18.5 Å². The number of hydrogen-bond acceptors (Lipinski definition) is 3. The van der Waals surface area contributed by atoms with Gasteiger partial charge in [-0.2, -0.15) is 5.10 Å². The summed E-state index contributed by atoms with van der Waals surface area (Å²) >= 11 is 0. The zero-order valence-electron chi connectivity index (χ0n) is 11.0. The normalized spacial score (nSPS) is 12.9. The first-order valence-electron chi connectivity index (χ1n) is 6.31. The topological polar surface area (TPSA) is 76.0 Å². The summed E-state index contributed by atoms with van der Waals surface area (Å²) in [6.45, 7) is 0.415. The molecule has 0 saturated heterocycles. The molecule has 20 heavy (non-hydrogen) atoms. The van der Waals surface area contributed by atoms with Crippen molar-refractivity contribution in [2.45, 2.75) is 13.0 Å². The van der Waals surface area contributed by atoms with Crippen molar-refractivity contribution in [1.82, 2.24) is 15.1 Å². The van der Waals surface area contributed by atoms with Gasteiger partial charge in [-0.15, -0.1) is 0 Å². The number of hydrogen-bond donors (Lipinski definition) is 2. The number of rotatable bonds is 3. The summed E-state index contributed by atoms with van der Waals surface area (Å²) in [5.41, 5.74) is 3.11.